The molecule has 1 aromatic heterocycles. The first-order valence-corrected chi connectivity index (χ1v) is 7.16. The van der Waals surface area contributed by atoms with E-state index in [0.29, 0.717) is 12.3 Å². The first-order chi connectivity index (χ1) is 9.51. The summed E-state index contributed by atoms with van der Waals surface area (Å²) < 4.78 is 1.80. The molecule has 0 N–H and O–H groups in total. The molecule has 0 bridgehead atoms. The molecule has 106 valence electrons. The molecule has 0 atom stereocenters. The van der Waals surface area contributed by atoms with E-state index in [1.54, 1.807) is 4.68 Å². The molecule has 0 aliphatic heterocycles. The van der Waals surface area contributed by atoms with E-state index in [1.807, 2.05) is 37.4 Å². The minimum absolute atomic E-state index is 0.144. The fourth-order valence-corrected chi connectivity index (χ4v) is 2.23. The van der Waals surface area contributed by atoms with Crippen LogP contribution >= 0.6 is 0 Å². The van der Waals surface area contributed by atoms with Crippen molar-refractivity contribution in [3.05, 3.63) is 52.8 Å². The second-order valence-corrected chi connectivity index (χ2v) is 5.48. The zero-order valence-electron chi connectivity index (χ0n) is 12.7. The number of rotatable bonds is 5. The van der Waals surface area contributed by atoms with Crippen molar-refractivity contribution in [3.8, 4) is 0 Å². The molecule has 0 radical (unpaired) electrons. The number of hydrogen-bond acceptors (Lipinski definition) is 2. The van der Waals surface area contributed by atoms with Crippen LogP contribution in [0.4, 0.5) is 0 Å². The predicted molar refractivity (Wildman–Crippen MR) is 81.2 cm³/mol. The van der Waals surface area contributed by atoms with Crippen LogP contribution in [0.2, 0.25) is 0 Å². The van der Waals surface area contributed by atoms with E-state index in [9.17, 15) is 4.79 Å². The molecule has 2 aromatic rings. The topological polar surface area (TPSA) is 34.9 Å². The quantitative estimate of drug-likeness (QED) is 0.779. The zero-order chi connectivity index (χ0) is 14.7. The van der Waals surface area contributed by atoms with E-state index in [1.165, 1.54) is 5.56 Å². The third-order valence-electron chi connectivity index (χ3n) is 3.63. The second kappa shape index (κ2) is 6.04. The number of benzene rings is 1. The Hall–Kier alpha value is -1.90. The van der Waals surface area contributed by atoms with Crippen molar-refractivity contribution < 1.29 is 4.79 Å². The van der Waals surface area contributed by atoms with Gasteiger partial charge >= 0.3 is 0 Å². The zero-order valence-corrected chi connectivity index (χ0v) is 12.7. The van der Waals surface area contributed by atoms with Gasteiger partial charge in [-0.1, -0.05) is 45.0 Å². The number of ketones is 1. The standard InChI is InChI=1S/C17H22N2O/c1-5-15-10-16(19(4)18-15)11-17(20)14-8-6-13(7-9-14)12(2)3/h6-10,12H,5,11H2,1-4H3. The fourth-order valence-electron chi connectivity index (χ4n) is 2.23. The Morgan fingerprint density at radius 2 is 1.90 bits per heavy atom. The van der Waals surface area contributed by atoms with Gasteiger partial charge in [0, 0.05) is 18.3 Å². The third-order valence-corrected chi connectivity index (χ3v) is 3.63. The van der Waals surface area contributed by atoms with Gasteiger partial charge in [-0.15, -0.1) is 0 Å². The molecule has 3 heteroatoms. The van der Waals surface area contributed by atoms with Crippen LogP contribution in [-0.4, -0.2) is 15.6 Å². The Kier molecular flexibility index (Phi) is 4.38. The minimum atomic E-state index is 0.144. The van der Waals surface area contributed by atoms with Gasteiger partial charge in [-0.05, 0) is 24.0 Å². The molecule has 1 aromatic carbocycles. The van der Waals surface area contributed by atoms with Gasteiger partial charge in [0.25, 0.3) is 0 Å². The first kappa shape index (κ1) is 14.5. The Balaban J connectivity index is 2.13. The van der Waals surface area contributed by atoms with Crippen LogP contribution in [0.3, 0.4) is 0 Å². The molecule has 3 nitrogen and oxygen atoms in total. The molecular weight excluding hydrogens is 248 g/mol. The molecule has 0 aliphatic rings. The van der Waals surface area contributed by atoms with Crippen LogP contribution in [0.5, 0.6) is 0 Å². The van der Waals surface area contributed by atoms with Crippen LogP contribution in [0.25, 0.3) is 0 Å². The molecule has 20 heavy (non-hydrogen) atoms. The minimum Gasteiger partial charge on any atom is -0.294 e. The van der Waals surface area contributed by atoms with E-state index in [0.717, 1.165) is 23.4 Å². The van der Waals surface area contributed by atoms with Crippen molar-refractivity contribution in [1.29, 1.82) is 0 Å². The summed E-state index contributed by atoms with van der Waals surface area (Å²) in [6.45, 7) is 6.37. The predicted octanol–water partition coefficient (Wildman–Crippen LogP) is 3.53. The molecule has 0 saturated carbocycles. The monoisotopic (exact) mass is 270 g/mol. The van der Waals surface area contributed by atoms with Crippen molar-refractivity contribution in [2.24, 2.45) is 7.05 Å². The van der Waals surface area contributed by atoms with Crippen molar-refractivity contribution in [2.45, 2.75) is 39.5 Å². The molecule has 0 amide bonds. The Morgan fingerprint density at radius 3 is 2.40 bits per heavy atom. The molecule has 2 rings (SSSR count). The van der Waals surface area contributed by atoms with E-state index < -0.39 is 0 Å². The number of carbonyl (C=O) groups excluding carboxylic acids is 1. The average Bonchev–Trinajstić information content (AvgIpc) is 2.79. The van der Waals surface area contributed by atoms with Crippen LogP contribution < -0.4 is 0 Å². The lowest BCUT2D eigenvalue weighted by Gasteiger charge is -2.06. The summed E-state index contributed by atoms with van der Waals surface area (Å²) >= 11 is 0. The van der Waals surface area contributed by atoms with E-state index in [4.69, 9.17) is 0 Å². The van der Waals surface area contributed by atoms with Gasteiger partial charge in [0.15, 0.2) is 5.78 Å². The summed E-state index contributed by atoms with van der Waals surface area (Å²) in [5, 5.41) is 4.38. The Labute approximate surface area is 120 Å². The van der Waals surface area contributed by atoms with Crippen molar-refractivity contribution in [2.75, 3.05) is 0 Å². The molecule has 0 fully saturated rings. The van der Waals surface area contributed by atoms with Gasteiger partial charge in [0.1, 0.15) is 0 Å². The lowest BCUT2D eigenvalue weighted by Crippen LogP contribution is -2.08. The van der Waals surface area contributed by atoms with E-state index >= 15 is 0 Å². The van der Waals surface area contributed by atoms with Gasteiger partial charge in [0.2, 0.25) is 0 Å². The Bertz CT molecular complexity index is 594. The average molecular weight is 270 g/mol. The number of aryl methyl sites for hydroxylation is 2. The van der Waals surface area contributed by atoms with Gasteiger partial charge in [-0.2, -0.15) is 5.10 Å². The smallest absolute Gasteiger partial charge is 0.168 e. The molecule has 0 aliphatic carbocycles. The largest absolute Gasteiger partial charge is 0.294 e. The van der Waals surface area contributed by atoms with E-state index in [2.05, 4.69) is 25.9 Å². The number of nitrogens with zero attached hydrogens (tertiary/aromatic N) is 2. The molecule has 0 unspecified atom stereocenters. The lowest BCUT2D eigenvalue weighted by atomic mass is 9.99. The second-order valence-electron chi connectivity index (χ2n) is 5.48. The normalized spacial score (nSPS) is 11.1. The summed E-state index contributed by atoms with van der Waals surface area (Å²) in [6, 6.07) is 9.95. The van der Waals surface area contributed by atoms with Gasteiger partial charge in [0.05, 0.1) is 12.1 Å². The van der Waals surface area contributed by atoms with Crippen LogP contribution in [0, 0.1) is 0 Å². The maximum absolute atomic E-state index is 12.3. The molecule has 0 saturated heterocycles. The summed E-state index contributed by atoms with van der Waals surface area (Å²) in [5.41, 5.74) is 4.04. The highest BCUT2D eigenvalue weighted by Gasteiger charge is 2.11. The summed E-state index contributed by atoms with van der Waals surface area (Å²) in [6.07, 6.45) is 1.30. The fraction of sp³-hybridized carbons (Fsp3) is 0.412. The number of Topliss-reactive ketones (excluding diaryl/α,β-unsaturated/α-hetero) is 1. The van der Waals surface area contributed by atoms with E-state index in [-0.39, 0.29) is 5.78 Å². The number of hydrogen-bond donors (Lipinski definition) is 0. The van der Waals surface area contributed by atoms with Crippen molar-refractivity contribution in [3.63, 3.8) is 0 Å². The number of aromatic nitrogens is 2. The number of carbonyl (C=O) groups is 1. The van der Waals surface area contributed by atoms with Crippen LogP contribution in [0.15, 0.2) is 30.3 Å². The first-order valence-electron chi connectivity index (χ1n) is 7.16. The van der Waals surface area contributed by atoms with Gasteiger partial charge in [-0.25, -0.2) is 0 Å². The van der Waals surface area contributed by atoms with Gasteiger partial charge < -0.3 is 0 Å². The van der Waals surface area contributed by atoms with Crippen LogP contribution in [0.1, 0.15) is 54.0 Å². The molecule has 1 heterocycles. The summed E-state index contributed by atoms with van der Waals surface area (Å²) in [7, 11) is 1.89. The van der Waals surface area contributed by atoms with Crippen LogP contribution in [-0.2, 0) is 19.9 Å². The highest BCUT2D eigenvalue weighted by atomic mass is 16.1. The summed E-state index contributed by atoms with van der Waals surface area (Å²) in [4.78, 5) is 12.3. The molecular formula is C17H22N2O. The van der Waals surface area contributed by atoms with Gasteiger partial charge in [-0.3, -0.25) is 9.48 Å². The lowest BCUT2D eigenvalue weighted by molar-refractivity contribution is 0.0990. The van der Waals surface area contributed by atoms with Crippen molar-refractivity contribution in [1.82, 2.24) is 9.78 Å². The summed E-state index contributed by atoms with van der Waals surface area (Å²) in [5.74, 6) is 0.634. The maximum atomic E-state index is 12.3. The van der Waals surface area contributed by atoms with Crippen molar-refractivity contribution >= 4 is 5.78 Å². The Morgan fingerprint density at radius 1 is 1.25 bits per heavy atom. The highest BCUT2D eigenvalue weighted by molar-refractivity contribution is 5.97. The SMILES string of the molecule is CCc1cc(CC(=O)c2ccc(C(C)C)cc2)n(C)n1. The third kappa shape index (κ3) is 3.16. The highest BCUT2D eigenvalue weighted by Crippen LogP contribution is 2.16. The molecule has 0 spiro atoms. The maximum Gasteiger partial charge on any atom is 0.168 e.